The third-order valence-electron chi connectivity index (χ3n) is 2.45. The van der Waals surface area contributed by atoms with Gasteiger partial charge in [-0.1, -0.05) is 0 Å². The summed E-state index contributed by atoms with van der Waals surface area (Å²) in [5.41, 5.74) is 0.880. The summed E-state index contributed by atoms with van der Waals surface area (Å²) < 4.78 is 25.9. The van der Waals surface area contributed by atoms with Crippen LogP contribution in [0.5, 0.6) is 5.75 Å². The molecule has 6 nitrogen and oxygen atoms in total. The monoisotopic (exact) mass is 279 g/mol. The highest BCUT2D eigenvalue weighted by Crippen LogP contribution is 2.19. The molecule has 0 unspecified atom stereocenters. The summed E-state index contributed by atoms with van der Waals surface area (Å²) in [5, 5.41) is 9.46. The Balaban J connectivity index is 2.02. The fraction of sp³-hybridized carbons (Fsp3) is 0.167. The average Bonchev–Trinajstić information content (AvgIpc) is 2.40. The largest absolute Gasteiger partial charge is 0.504 e. The van der Waals surface area contributed by atoms with Gasteiger partial charge in [0.15, 0.2) is 11.6 Å². The van der Waals surface area contributed by atoms with Crippen molar-refractivity contribution in [1.82, 2.24) is 9.97 Å². The van der Waals surface area contributed by atoms with Crippen LogP contribution in [0.25, 0.3) is 0 Å². The molecule has 0 aliphatic carbocycles. The maximum atomic E-state index is 11.8. The predicted octanol–water partition coefficient (Wildman–Crippen LogP) is 1.17. The number of aromatic hydroxyl groups is 1. The quantitative estimate of drug-likeness (QED) is 0.857. The molecule has 7 heteroatoms. The topological polar surface area (TPSA) is 92.2 Å². The molecule has 0 aliphatic rings. The van der Waals surface area contributed by atoms with Gasteiger partial charge >= 0.3 is 0 Å². The number of rotatable bonds is 5. The van der Waals surface area contributed by atoms with Gasteiger partial charge in [0.05, 0.1) is 5.75 Å². The van der Waals surface area contributed by atoms with Crippen molar-refractivity contribution in [3.63, 3.8) is 0 Å². The lowest BCUT2D eigenvalue weighted by Crippen LogP contribution is -2.19. The van der Waals surface area contributed by atoms with Gasteiger partial charge in [0, 0.05) is 18.6 Å². The Hall–Kier alpha value is -2.15. The number of aromatic nitrogens is 2. The first-order valence-electron chi connectivity index (χ1n) is 5.60. The van der Waals surface area contributed by atoms with Crippen LogP contribution in [0.3, 0.4) is 0 Å². The van der Waals surface area contributed by atoms with Crippen molar-refractivity contribution < 1.29 is 13.5 Å². The van der Waals surface area contributed by atoms with Crippen LogP contribution in [-0.2, 0) is 16.4 Å². The van der Waals surface area contributed by atoms with E-state index in [4.69, 9.17) is 0 Å². The van der Waals surface area contributed by atoms with E-state index in [2.05, 4.69) is 14.7 Å². The minimum absolute atomic E-state index is 0.0581. The van der Waals surface area contributed by atoms with Crippen LogP contribution in [-0.4, -0.2) is 29.2 Å². The van der Waals surface area contributed by atoms with E-state index >= 15 is 0 Å². The lowest BCUT2D eigenvalue weighted by molar-refractivity contribution is 0.475. The summed E-state index contributed by atoms with van der Waals surface area (Å²) in [6.07, 6.45) is 4.99. The highest BCUT2D eigenvalue weighted by atomic mass is 32.2. The Kier molecular flexibility index (Phi) is 3.96. The molecule has 0 saturated carbocycles. The molecule has 0 atom stereocenters. The van der Waals surface area contributed by atoms with Gasteiger partial charge in [0.1, 0.15) is 0 Å². The Bertz CT molecular complexity index is 644. The minimum Gasteiger partial charge on any atom is -0.504 e. The van der Waals surface area contributed by atoms with Gasteiger partial charge in [-0.3, -0.25) is 9.71 Å². The molecule has 0 amide bonds. The molecule has 2 rings (SSSR count). The van der Waals surface area contributed by atoms with Crippen molar-refractivity contribution in [2.45, 2.75) is 6.42 Å². The van der Waals surface area contributed by atoms with E-state index in [0.29, 0.717) is 6.42 Å². The fourth-order valence-corrected chi connectivity index (χ4v) is 2.53. The molecular formula is C12H13N3O3S. The summed E-state index contributed by atoms with van der Waals surface area (Å²) >= 11 is 0. The van der Waals surface area contributed by atoms with Gasteiger partial charge in [-0.2, -0.15) is 0 Å². The Morgan fingerprint density at radius 1 is 1.16 bits per heavy atom. The molecule has 100 valence electrons. The standard InChI is InChI=1S/C12H13N3O3S/c16-11-2-1-6-14-12(11)15-19(17,18)9-5-10-3-7-13-8-4-10/h1-4,6-8,16H,5,9H2,(H,14,15). The highest BCUT2D eigenvalue weighted by Gasteiger charge is 2.13. The maximum Gasteiger partial charge on any atom is 0.234 e. The van der Waals surface area contributed by atoms with Crippen LogP contribution < -0.4 is 4.72 Å². The van der Waals surface area contributed by atoms with Crippen LogP contribution in [0.4, 0.5) is 5.82 Å². The summed E-state index contributed by atoms with van der Waals surface area (Å²) in [6, 6.07) is 6.40. The molecule has 0 aromatic carbocycles. The first-order chi connectivity index (χ1) is 9.07. The summed E-state index contributed by atoms with van der Waals surface area (Å²) in [4.78, 5) is 7.63. The maximum absolute atomic E-state index is 11.8. The fourth-order valence-electron chi connectivity index (χ4n) is 1.48. The summed E-state index contributed by atoms with van der Waals surface area (Å²) in [6.45, 7) is 0. The zero-order valence-electron chi connectivity index (χ0n) is 10.0. The number of hydrogen-bond acceptors (Lipinski definition) is 5. The van der Waals surface area contributed by atoms with E-state index in [1.165, 1.54) is 18.3 Å². The number of aryl methyl sites for hydroxylation is 1. The second-order valence-corrected chi connectivity index (χ2v) is 5.74. The van der Waals surface area contributed by atoms with E-state index in [9.17, 15) is 13.5 Å². The Morgan fingerprint density at radius 2 is 1.89 bits per heavy atom. The highest BCUT2D eigenvalue weighted by molar-refractivity contribution is 7.92. The van der Waals surface area contributed by atoms with Gasteiger partial charge in [-0.05, 0) is 36.2 Å². The van der Waals surface area contributed by atoms with E-state index in [-0.39, 0.29) is 17.3 Å². The minimum atomic E-state index is -3.55. The second kappa shape index (κ2) is 5.66. The van der Waals surface area contributed by atoms with Crippen LogP contribution in [0.1, 0.15) is 5.56 Å². The van der Waals surface area contributed by atoms with Gasteiger partial charge in [-0.15, -0.1) is 0 Å². The third kappa shape index (κ3) is 3.92. The van der Waals surface area contributed by atoms with E-state index in [0.717, 1.165) is 5.56 Å². The third-order valence-corrected chi connectivity index (χ3v) is 3.69. The lowest BCUT2D eigenvalue weighted by atomic mass is 10.2. The summed E-state index contributed by atoms with van der Waals surface area (Å²) in [5.74, 6) is -0.347. The number of pyridine rings is 2. The molecular weight excluding hydrogens is 266 g/mol. The number of nitrogens with one attached hydrogen (secondary N) is 1. The first kappa shape index (κ1) is 13.3. The Labute approximate surface area is 111 Å². The van der Waals surface area contributed by atoms with Crippen molar-refractivity contribution in [2.24, 2.45) is 0 Å². The molecule has 0 radical (unpaired) electrons. The molecule has 0 spiro atoms. The molecule has 2 aromatic rings. The van der Waals surface area contributed by atoms with Gasteiger partial charge < -0.3 is 5.11 Å². The number of anilines is 1. The molecule has 0 bridgehead atoms. The van der Waals surface area contributed by atoms with E-state index in [1.807, 2.05) is 0 Å². The van der Waals surface area contributed by atoms with Crippen molar-refractivity contribution in [3.8, 4) is 5.75 Å². The van der Waals surface area contributed by atoms with E-state index < -0.39 is 10.0 Å². The number of sulfonamides is 1. The van der Waals surface area contributed by atoms with Crippen LogP contribution in [0.2, 0.25) is 0 Å². The molecule has 0 saturated heterocycles. The van der Waals surface area contributed by atoms with Crippen molar-refractivity contribution in [1.29, 1.82) is 0 Å². The normalized spacial score (nSPS) is 11.2. The molecule has 2 heterocycles. The lowest BCUT2D eigenvalue weighted by Gasteiger charge is -2.08. The smallest absolute Gasteiger partial charge is 0.234 e. The van der Waals surface area contributed by atoms with Crippen molar-refractivity contribution in [3.05, 3.63) is 48.4 Å². The SMILES string of the molecule is O=S(=O)(CCc1ccncc1)Nc1ncccc1O. The number of nitrogens with zero attached hydrogens (tertiary/aromatic N) is 2. The van der Waals surface area contributed by atoms with Gasteiger partial charge in [0.2, 0.25) is 10.0 Å². The van der Waals surface area contributed by atoms with Gasteiger partial charge in [-0.25, -0.2) is 13.4 Å². The summed E-state index contributed by atoms with van der Waals surface area (Å²) in [7, 11) is -3.55. The van der Waals surface area contributed by atoms with Gasteiger partial charge in [0.25, 0.3) is 0 Å². The molecule has 2 N–H and O–H groups in total. The molecule has 19 heavy (non-hydrogen) atoms. The molecule has 2 aromatic heterocycles. The Morgan fingerprint density at radius 3 is 2.58 bits per heavy atom. The zero-order valence-corrected chi connectivity index (χ0v) is 10.8. The van der Waals surface area contributed by atoms with Crippen LogP contribution in [0.15, 0.2) is 42.9 Å². The number of hydrogen-bond donors (Lipinski definition) is 2. The van der Waals surface area contributed by atoms with Crippen molar-refractivity contribution >= 4 is 15.8 Å². The molecule has 0 fully saturated rings. The zero-order chi connectivity index (χ0) is 13.7. The van der Waals surface area contributed by atoms with Crippen molar-refractivity contribution in [2.75, 3.05) is 10.5 Å². The van der Waals surface area contributed by atoms with Crippen LogP contribution >= 0.6 is 0 Å². The second-order valence-electron chi connectivity index (χ2n) is 3.90. The van der Waals surface area contributed by atoms with Crippen LogP contribution in [0, 0.1) is 0 Å². The molecule has 0 aliphatic heterocycles. The first-order valence-corrected chi connectivity index (χ1v) is 7.25. The predicted molar refractivity (Wildman–Crippen MR) is 71.3 cm³/mol. The van der Waals surface area contributed by atoms with E-state index in [1.54, 1.807) is 24.5 Å². The average molecular weight is 279 g/mol.